The highest BCUT2D eigenvalue weighted by Crippen LogP contribution is 2.66. The van der Waals surface area contributed by atoms with E-state index in [0.29, 0.717) is 17.1 Å². The number of Topliss-reactive ketones (excluding diaryl/α,β-unsaturated/α-hetero) is 1. The molecule has 0 aromatic rings. The van der Waals surface area contributed by atoms with Crippen molar-refractivity contribution in [2.45, 2.75) is 78.2 Å². The lowest BCUT2D eigenvalue weighted by Gasteiger charge is -2.60. The molecule has 1 N–H and O–H groups in total. The highest BCUT2D eigenvalue weighted by Gasteiger charge is 2.60. The van der Waals surface area contributed by atoms with Crippen molar-refractivity contribution >= 4 is 5.78 Å². The molecule has 8 atom stereocenters. The molecular weight excluding hydrogens is 272 g/mol. The number of aliphatic hydroxyl groups is 1. The summed E-state index contributed by atoms with van der Waals surface area (Å²) in [6.45, 7) is 7.01. The first-order valence-electron chi connectivity index (χ1n) is 9.57. The Labute approximate surface area is 135 Å². The van der Waals surface area contributed by atoms with Crippen molar-refractivity contribution in [3.8, 4) is 0 Å². The summed E-state index contributed by atoms with van der Waals surface area (Å²) >= 11 is 0. The lowest BCUT2D eigenvalue weighted by Crippen LogP contribution is -2.55. The van der Waals surface area contributed by atoms with Crippen molar-refractivity contribution in [1.82, 2.24) is 0 Å². The zero-order chi connectivity index (χ0) is 15.7. The molecule has 0 unspecified atom stereocenters. The summed E-state index contributed by atoms with van der Waals surface area (Å²) in [5.41, 5.74) is 0.561. The van der Waals surface area contributed by atoms with Gasteiger partial charge in [-0.2, -0.15) is 0 Å². The van der Waals surface area contributed by atoms with E-state index in [-0.39, 0.29) is 17.4 Å². The van der Waals surface area contributed by atoms with Gasteiger partial charge in [0, 0.05) is 12.3 Å². The standard InChI is InChI=1S/C20H32O2/c1-12-11-20(3)13(10-17(12)21)4-5-14-15-6-7-18(22)19(15,2)9-8-16(14)20/h12-16,18,22H,4-11H2,1-3H3/t12-,13-,14-,15+,16-,18-,19+,20+/m1/s1. The van der Waals surface area contributed by atoms with E-state index in [0.717, 1.165) is 37.0 Å². The van der Waals surface area contributed by atoms with Gasteiger partial charge in [0.05, 0.1) is 6.10 Å². The van der Waals surface area contributed by atoms with Crippen LogP contribution in [-0.2, 0) is 4.79 Å². The van der Waals surface area contributed by atoms with Gasteiger partial charge >= 0.3 is 0 Å². The molecule has 4 saturated carbocycles. The zero-order valence-corrected chi connectivity index (χ0v) is 14.5. The van der Waals surface area contributed by atoms with Crippen LogP contribution in [0.5, 0.6) is 0 Å². The van der Waals surface area contributed by atoms with Crippen molar-refractivity contribution in [2.75, 3.05) is 0 Å². The molecule has 0 spiro atoms. The minimum atomic E-state index is -0.0733. The molecule has 4 fully saturated rings. The molecule has 2 heteroatoms. The number of carbonyl (C=O) groups is 1. The first-order valence-corrected chi connectivity index (χ1v) is 9.57. The molecule has 4 aliphatic carbocycles. The first-order chi connectivity index (χ1) is 10.4. The minimum Gasteiger partial charge on any atom is -0.393 e. The van der Waals surface area contributed by atoms with E-state index in [2.05, 4.69) is 20.8 Å². The van der Waals surface area contributed by atoms with Crippen molar-refractivity contribution in [3.05, 3.63) is 0 Å². The molecule has 0 amide bonds. The summed E-state index contributed by atoms with van der Waals surface area (Å²) in [5.74, 6) is 3.74. The maximum atomic E-state index is 12.2. The fraction of sp³-hybridized carbons (Fsp3) is 0.950. The first kappa shape index (κ1) is 15.2. The summed E-state index contributed by atoms with van der Waals surface area (Å²) in [6, 6.07) is 0. The van der Waals surface area contributed by atoms with Crippen LogP contribution in [-0.4, -0.2) is 17.0 Å². The second-order valence-electron chi connectivity index (χ2n) is 9.57. The van der Waals surface area contributed by atoms with Gasteiger partial charge in [0.25, 0.3) is 0 Å². The quantitative estimate of drug-likeness (QED) is 0.728. The molecule has 4 aliphatic rings. The second-order valence-corrected chi connectivity index (χ2v) is 9.57. The third kappa shape index (κ3) is 1.85. The molecular formula is C20H32O2. The molecule has 0 aromatic heterocycles. The molecule has 0 aromatic carbocycles. The number of carbonyl (C=O) groups excluding carboxylic acids is 1. The van der Waals surface area contributed by atoms with Crippen LogP contribution in [0.4, 0.5) is 0 Å². The fourth-order valence-corrected chi connectivity index (χ4v) is 7.38. The van der Waals surface area contributed by atoms with Crippen molar-refractivity contribution in [2.24, 2.45) is 40.4 Å². The molecule has 124 valence electrons. The van der Waals surface area contributed by atoms with Gasteiger partial charge in [0.2, 0.25) is 0 Å². The second kappa shape index (κ2) is 4.82. The van der Waals surface area contributed by atoms with E-state index in [1.165, 1.54) is 32.1 Å². The topological polar surface area (TPSA) is 37.3 Å². The number of fused-ring (bicyclic) bond motifs is 5. The van der Waals surface area contributed by atoms with E-state index in [1.54, 1.807) is 0 Å². The molecule has 22 heavy (non-hydrogen) atoms. The van der Waals surface area contributed by atoms with Gasteiger partial charge in [0.1, 0.15) is 5.78 Å². The van der Waals surface area contributed by atoms with Crippen molar-refractivity contribution in [3.63, 3.8) is 0 Å². The molecule has 0 bridgehead atoms. The Hall–Kier alpha value is -0.370. The number of hydrogen-bond acceptors (Lipinski definition) is 2. The number of ketones is 1. The van der Waals surface area contributed by atoms with Crippen LogP contribution in [0.1, 0.15) is 72.1 Å². The molecule has 0 radical (unpaired) electrons. The Bertz CT molecular complexity index is 486. The predicted octanol–water partition coefficient (Wildman–Crippen LogP) is 4.21. The van der Waals surface area contributed by atoms with Crippen LogP contribution in [0.3, 0.4) is 0 Å². The average molecular weight is 304 g/mol. The van der Waals surface area contributed by atoms with Crippen molar-refractivity contribution in [1.29, 1.82) is 0 Å². The van der Waals surface area contributed by atoms with Crippen molar-refractivity contribution < 1.29 is 9.90 Å². The average Bonchev–Trinajstić information content (AvgIpc) is 2.77. The summed E-state index contributed by atoms with van der Waals surface area (Å²) in [4.78, 5) is 12.2. The van der Waals surface area contributed by atoms with Gasteiger partial charge in [-0.15, -0.1) is 0 Å². The molecule has 2 nitrogen and oxygen atoms in total. The third-order valence-corrected chi connectivity index (χ3v) is 8.76. The molecule has 4 rings (SSSR count). The highest BCUT2D eigenvalue weighted by molar-refractivity contribution is 5.82. The Balaban J connectivity index is 1.65. The van der Waals surface area contributed by atoms with Gasteiger partial charge in [0.15, 0.2) is 0 Å². The van der Waals surface area contributed by atoms with Crippen LogP contribution in [0.25, 0.3) is 0 Å². The Morgan fingerprint density at radius 3 is 2.50 bits per heavy atom. The summed E-state index contributed by atoms with van der Waals surface area (Å²) in [5, 5.41) is 10.5. The van der Waals surface area contributed by atoms with Crippen LogP contribution in [0.2, 0.25) is 0 Å². The smallest absolute Gasteiger partial charge is 0.136 e. The van der Waals surface area contributed by atoms with Crippen LogP contribution >= 0.6 is 0 Å². The summed E-state index contributed by atoms with van der Waals surface area (Å²) in [7, 11) is 0. The lowest BCUT2D eigenvalue weighted by atomic mass is 9.44. The van der Waals surface area contributed by atoms with Crippen LogP contribution in [0, 0.1) is 40.4 Å². The Kier molecular flexibility index (Phi) is 3.32. The lowest BCUT2D eigenvalue weighted by molar-refractivity contribution is -0.148. The van der Waals surface area contributed by atoms with Crippen LogP contribution in [0.15, 0.2) is 0 Å². The Morgan fingerprint density at radius 1 is 1.00 bits per heavy atom. The monoisotopic (exact) mass is 304 g/mol. The summed E-state index contributed by atoms with van der Waals surface area (Å²) in [6.07, 6.45) is 9.16. The maximum Gasteiger partial charge on any atom is 0.136 e. The minimum absolute atomic E-state index is 0.0733. The van der Waals surface area contributed by atoms with Crippen LogP contribution < -0.4 is 0 Å². The maximum absolute atomic E-state index is 12.2. The van der Waals surface area contributed by atoms with Gasteiger partial charge in [-0.05, 0) is 79.4 Å². The van der Waals surface area contributed by atoms with Gasteiger partial charge < -0.3 is 5.11 Å². The van der Waals surface area contributed by atoms with Gasteiger partial charge in [-0.3, -0.25) is 4.79 Å². The highest BCUT2D eigenvalue weighted by atomic mass is 16.3. The van der Waals surface area contributed by atoms with E-state index in [4.69, 9.17) is 0 Å². The van der Waals surface area contributed by atoms with Gasteiger partial charge in [-0.1, -0.05) is 20.8 Å². The summed E-state index contributed by atoms with van der Waals surface area (Å²) < 4.78 is 0. The largest absolute Gasteiger partial charge is 0.393 e. The number of rotatable bonds is 0. The Morgan fingerprint density at radius 2 is 1.73 bits per heavy atom. The number of aliphatic hydroxyl groups excluding tert-OH is 1. The predicted molar refractivity (Wildman–Crippen MR) is 87.3 cm³/mol. The molecule has 0 saturated heterocycles. The zero-order valence-electron chi connectivity index (χ0n) is 14.5. The fourth-order valence-electron chi connectivity index (χ4n) is 7.38. The van der Waals surface area contributed by atoms with Gasteiger partial charge in [-0.25, -0.2) is 0 Å². The van der Waals surface area contributed by atoms with E-state index in [1.807, 2.05) is 0 Å². The SMILES string of the molecule is C[C@@H]1C[C@@]2(C)[C@H](CC[C@H]3[C@H]2CC[C@]2(C)[C@H](O)CC[C@@H]32)CC1=O. The van der Waals surface area contributed by atoms with E-state index in [9.17, 15) is 9.90 Å². The number of hydrogen-bond donors (Lipinski definition) is 1. The van der Waals surface area contributed by atoms with E-state index >= 15 is 0 Å². The normalized spacial score (nSPS) is 57.9. The van der Waals surface area contributed by atoms with E-state index < -0.39 is 0 Å². The third-order valence-electron chi connectivity index (χ3n) is 8.76. The molecule has 0 heterocycles. The molecule has 0 aliphatic heterocycles.